The van der Waals surface area contributed by atoms with Crippen LogP contribution in [0.15, 0.2) is 60.9 Å². The summed E-state index contributed by atoms with van der Waals surface area (Å²) in [4.78, 5) is 46.0. The highest BCUT2D eigenvalue weighted by molar-refractivity contribution is 6.01. The van der Waals surface area contributed by atoms with Gasteiger partial charge in [-0.25, -0.2) is 9.97 Å². The molecule has 4 rings (SSSR count). The van der Waals surface area contributed by atoms with Gasteiger partial charge in [-0.1, -0.05) is 0 Å². The normalized spacial score (nSPS) is 15.2. The average Bonchev–Trinajstić information content (AvgIpc) is 3.30. The van der Waals surface area contributed by atoms with Gasteiger partial charge in [-0.2, -0.15) is 0 Å². The lowest BCUT2D eigenvalue weighted by Gasteiger charge is -2.24. The second-order valence-electron chi connectivity index (χ2n) is 7.56. The van der Waals surface area contributed by atoms with Crippen LogP contribution in [0.1, 0.15) is 28.8 Å². The van der Waals surface area contributed by atoms with E-state index in [1.807, 2.05) is 0 Å². The number of hydrogen-bond acceptors (Lipinski definition) is 7. The molecular formula is C23H21N5O5. The number of hydrogen-bond donors (Lipinski definition) is 1. The summed E-state index contributed by atoms with van der Waals surface area (Å²) in [6, 6.07) is 12.3. The van der Waals surface area contributed by atoms with E-state index in [4.69, 9.17) is 4.74 Å². The Morgan fingerprint density at radius 3 is 2.55 bits per heavy atom. The van der Waals surface area contributed by atoms with Crippen LogP contribution in [0.5, 0.6) is 11.8 Å². The van der Waals surface area contributed by atoms with E-state index in [9.17, 15) is 19.7 Å². The zero-order valence-electron chi connectivity index (χ0n) is 17.8. The third-order valence-electron chi connectivity index (χ3n) is 5.33. The van der Waals surface area contributed by atoms with Crippen molar-refractivity contribution in [3.8, 4) is 11.8 Å². The molecule has 1 atom stereocenters. The predicted molar refractivity (Wildman–Crippen MR) is 119 cm³/mol. The summed E-state index contributed by atoms with van der Waals surface area (Å²) in [5, 5.41) is 13.9. The van der Waals surface area contributed by atoms with Crippen LogP contribution < -0.4 is 10.1 Å². The van der Waals surface area contributed by atoms with Gasteiger partial charge in [-0.05, 0) is 62.2 Å². The molecule has 0 aliphatic carbocycles. The summed E-state index contributed by atoms with van der Waals surface area (Å²) < 4.78 is 5.54. The summed E-state index contributed by atoms with van der Waals surface area (Å²) in [5.74, 6) is -0.0952. The van der Waals surface area contributed by atoms with Crippen molar-refractivity contribution in [3.05, 3.63) is 82.2 Å². The van der Waals surface area contributed by atoms with Crippen LogP contribution in [0.3, 0.4) is 0 Å². The van der Waals surface area contributed by atoms with E-state index in [1.54, 1.807) is 49.6 Å². The smallest absolute Gasteiger partial charge is 0.321 e. The highest BCUT2D eigenvalue weighted by atomic mass is 16.6. The maximum Gasteiger partial charge on any atom is 0.321 e. The van der Waals surface area contributed by atoms with Crippen molar-refractivity contribution in [2.45, 2.75) is 25.8 Å². The molecule has 33 heavy (non-hydrogen) atoms. The van der Waals surface area contributed by atoms with Gasteiger partial charge in [0.15, 0.2) is 0 Å². The highest BCUT2D eigenvalue weighted by Gasteiger charge is 2.35. The molecule has 2 heterocycles. The molecule has 0 radical (unpaired) electrons. The number of likely N-dealkylation sites (tertiary alicyclic amines) is 1. The lowest BCUT2D eigenvalue weighted by Crippen LogP contribution is -2.43. The van der Waals surface area contributed by atoms with Crippen LogP contribution in [0, 0.1) is 17.0 Å². The number of nitro groups is 1. The van der Waals surface area contributed by atoms with Gasteiger partial charge in [0.2, 0.25) is 5.91 Å². The average molecular weight is 447 g/mol. The van der Waals surface area contributed by atoms with Gasteiger partial charge < -0.3 is 15.0 Å². The van der Waals surface area contributed by atoms with Crippen molar-refractivity contribution in [1.82, 2.24) is 14.9 Å². The minimum Gasteiger partial charge on any atom is -0.424 e. The minimum absolute atomic E-state index is 0.0477. The number of ether oxygens (including phenoxy) is 1. The number of aryl methyl sites for hydroxylation is 1. The number of nitrogens with one attached hydrogen (secondary N) is 1. The standard InChI is InChI=1S/C23H21N5O5/c1-15-14-16(5-10-19(15)28(31)32)22(30)27-13-2-4-20(27)21(29)26-17-6-8-18(9-7-17)33-23-24-11-3-12-25-23/h3,5-12,14,20H,2,4,13H2,1H3,(H,26,29). The second-order valence-corrected chi connectivity index (χ2v) is 7.56. The van der Waals surface area contributed by atoms with E-state index in [0.717, 1.165) is 0 Å². The fourth-order valence-electron chi connectivity index (χ4n) is 3.72. The minimum atomic E-state index is -0.623. The molecule has 2 aromatic carbocycles. The van der Waals surface area contributed by atoms with Crippen LogP contribution in [-0.2, 0) is 4.79 Å². The highest BCUT2D eigenvalue weighted by Crippen LogP contribution is 2.25. The van der Waals surface area contributed by atoms with Crippen LogP contribution in [0.4, 0.5) is 11.4 Å². The van der Waals surface area contributed by atoms with Crippen LogP contribution in [-0.4, -0.2) is 44.2 Å². The molecule has 1 aromatic heterocycles. The Labute approximate surface area is 189 Å². The fourth-order valence-corrected chi connectivity index (χ4v) is 3.72. The Morgan fingerprint density at radius 2 is 1.88 bits per heavy atom. The second kappa shape index (κ2) is 9.43. The zero-order valence-corrected chi connectivity index (χ0v) is 17.8. The number of benzene rings is 2. The number of carbonyl (C=O) groups is 2. The first-order chi connectivity index (χ1) is 15.9. The number of carbonyl (C=O) groups excluding carboxylic acids is 2. The Balaban J connectivity index is 1.42. The fraction of sp³-hybridized carbons (Fsp3) is 0.217. The number of nitrogens with zero attached hydrogens (tertiary/aromatic N) is 4. The molecule has 1 fully saturated rings. The molecule has 0 saturated carbocycles. The largest absolute Gasteiger partial charge is 0.424 e. The number of aromatic nitrogens is 2. The lowest BCUT2D eigenvalue weighted by molar-refractivity contribution is -0.385. The number of amides is 2. The summed E-state index contributed by atoms with van der Waals surface area (Å²) in [6.45, 7) is 2.02. The SMILES string of the molecule is Cc1cc(C(=O)N2CCCC2C(=O)Nc2ccc(Oc3ncccn3)cc2)ccc1[N+](=O)[O-]. The summed E-state index contributed by atoms with van der Waals surface area (Å²) in [5.41, 5.74) is 1.23. The van der Waals surface area contributed by atoms with Crippen molar-refractivity contribution in [1.29, 1.82) is 0 Å². The van der Waals surface area contributed by atoms with Gasteiger partial charge in [0.25, 0.3) is 11.6 Å². The predicted octanol–water partition coefficient (Wildman–Crippen LogP) is 3.73. The first kappa shape index (κ1) is 21.9. The Bertz CT molecular complexity index is 1180. The van der Waals surface area contributed by atoms with E-state index in [-0.39, 0.29) is 23.5 Å². The molecule has 10 nitrogen and oxygen atoms in total. The lowest BCUT2D eigenvalue weighted by atomic mass is 10.1. The quantitative estimate of drug-likeness (QED) is 0.450. The van der Waals surface area contributed by atoms with Crippen molar-refractivity contribution < 1.29 is 19.2 Å². The van der Waals surface area contributed by atoms with E-state index in [2.05, 4.69) is 15.3 Å². The Hall–Kier alpha value is -4.34. The molecule has 3 aromatic rings. The summed E-state index contributed by atoms with van der Waals surface area (Å²) >= 11 is 0. The first-order valence-electron chi connectivity index (χ1n) is 10.3. The molecule has 1 saturated heterocycles. The number of anilines is 1. The molecule has 1 unspecified atom stereocenters. The molecule has 0 bridgehead atoms. The van der Waals surface area contributed by atoms with Gasteiger partial charge >= 0.3 is 6.01 Å². The van der Waals surface area contributed by atoms with Crippen molar-refractivity contribution in [3.63, 3.8) is 0 Å². The molecule has 2 amide bonds. The summed E-state index contributed by atoms with van der Waals surface area (Å²) in [6.07, 6.45) is 4.38. The third kappa shape index (κ3) is 4.95. The van der Waals surface area contributed by atoms with E-state index >= 15 is 0 Å². The van der Waals surface area contributed by atoms with Gasteiger partial charge in [-0.3, -0.25) is 19.7 Å². The van der Waals surface area contributed by atoms with E-state index in [1.165, 1.54) is 23.1 Å². The van der Waals surface area contributed by atoms with E-state index in [0.29, 0.717) is 42.0 Å². The Kier molecular flexibility index (Phi) is 6.25. The monoisotopic (exact) mass is 447 g/mol. The van der Waals surface area contributed by atoms with Crippen molar-refractivity contribution in [2.24, 2.45) is 0 Å². The molecule has 1 aliphatic rings. The van der Waals surface area contributed by atoms with Gasteiger partial charge in [0.1, 0.15) is 11.8 Å². The van der Waals surface area contributed by atoms with Crippen molar-refractivity contribution in [2.75, 3.05) is 11.9 Å². The van der Waals surface area contributed by atoms with Gasteiger partial charge in [0, 0.05) is 41.8 Å². The third-order valence-corrected chi connectivity index (χ3v) is 5.33. The first-order valence-corrected chi connectivity index (χ1v) is 10.3. The van der Waals surface area contributed by atoms with Crippen LogP contribution in [0.2, 0.25) is 0 Å². The molecule has 10 heteroatoms. The molecule has 0 spiro atoms. The number of nitro benzene ring substituents is 1. The van der Waals surface area contributed by atoms with E-state index < -0.39 is 11.0 Å². The maximum absolute atomic E-state index is 13.0. The summed E-state index contributed by atoms with van der Waals surface area (Å²) in [7, 11) is 0. The molecular weight excluding hydrogens is 426 g/mol. The topological polar surface area (TPSA) is 128 Å². The molecule has 168 valence electrons. The van der Waals surface area contributed by atoms with Crippen molar-refractivity contribution >= 4 is 23.2 Å². The maximum atomic E-state index is 13.0. The van der Waals surface area contributed by atoms with Gasteiger partial charge in [-0.15, -0.1) is 0 Å². The number of rotatable bonds is 6. The molecule has 1 N–H and O–H groups in total. The van der Waals surface area contributed by atoms with Crippen LogP contribution >= 0.6 is 0 Å². The van der Waals surface area contributed by atoms with Gasteiger partial charge in [0.05, 0.1) is 4.92 Å². The Morgan fingerprint density at radius 1 is 1.15 bits per heavy atom. The zero-order chi connectivity index (χ0) is 23.4. The van der Waals surface area contributed by atoms with Crippen LogP contribution in [0.25, 0.3) is 0 Å². The molecule has 1 aliphatic heterocycles.